The standard InChI is InChI=1S/C22H18N4O2/c1-28-21(27)20-23-25-26(24-20)22(17-11-5-2-6-12-17,18-13-7-3-8-14-18)19-15-9-4-10-16-19/h2-16H,1H3. The zero-order valence-electron chi connectivity index (χ0n) is 15.3. The molecule has 0 unspecified atom stereocenters. The molecule has 0 bridgehead atoms. The van der Waals surface area contributed by atoms with Gasteiger partial charge in [-0.2, -0.15) is 0 Å². The molecule has 0 fully saturated rings. The van der Waals surface area contributed by atoms with Crippen molar-refractivity contribution < 1.29 is 9.53 Å². The Hall–Kier alpha value is -3.80. The molecule has 4 rings (SSSR count). The SMILES string of the molecule is COC(=O)c1nnn(C(c2ccccc2)(c2ccccc2)c2ccccc2)n1. The van der Waals surface area contributed by atoms with Crippen LogP contribution in [0.2, 0.25) is 0 Å². The fourth-order valence-corrected chi connectivity index (χ4v) is 3.41. The molecule has 0 saturated carbocycles. The molecule has 6 nitrogen and oxygen atoms in total. The molecule has 0 aliphatic carbocycles. The van der Waals surface area contributed by atoms with Gasteiger partial charge in [-0.25, -0.2) is 4.79 Å². The summed E-state index contributed by atoms with van der Waals surface area (Å²) in [4.78, 5) is 13.4. The van der Waals surface area contributed by atoms with Crippen molar-refractivity contribution in [2.24, 2.45) is 0 Å². The third-order valence-electron chi connectivity index (χ3n) is 4.66. The highest BCUT2D eigenvalue weighted by Gasteiger charge is 2.41. The number of carbonyl (C=O) groups is 1. The smallest absolute Gasteiger partial charge is 0.379 e. The number of hydrogen-bond acceptors (Lipinski definition) is 5. The predicted octanol–water partition coefficient (Wildman–Crippen LogP) is 3.30. The molecule has 1 aromatic heterocycles. The number of benzene rings is 3. The summed E-state index contributed by atoms with van der Waals surface area (Å²) < 4.78 is 4.76. The Morgan fingerprint density at radius 3 is 1.61 bits per heavy atom. The molecular weight excluding hydrogens is 352 g/mol. The molecule has 28 heavy (non-hydrogen) atoms. The van der Waals surface area contributed by atoms with Crippen molar-refractivity contribution in [3.8, 4) is 0 Å². The first-order valence-corrected chi connectivity index (χ1v) is 8.82. The lowest BCUT2D eigenvalue weighted by Gasteiger charge is -2.34. The Balaban J connectivity index is 2.07. The van der Waals surface area contributed by atoms with Gasteiger partial charge in [0, 0.05) is 0 Å². The topological polar surface area (TPSA) is 69.9 Å². The van der Waals surface area contributed by atoms with Crippen molar-refractivity contribution in [2.45, 2.75) is 5.54 Å². The van der Waals surface area contributed by atoms with Crippen molar-refractivity contribution in [2.75, 3.05) is 7.11 Å². The average molecular weight is 370 g/mol. The fraction of sp³-hybridized carbons (Fsp3) is 0.0909. The van der Waals surface area contributed by atoms with E-state index in [1.807, 2.05) is 91.0 Å². The zero-order chi connectivity index (χ0) is 19.4. The second-order valence-corrected chi connectivity index (χ2v) is 6.20. The number of rotatable bonds is 5. The Labute approximate surface area is 162 Å². The van der Waals surface area contributed by atoms with E-state index in [0.717, 1.165) is 16.7 Å². The molecular formula is C22H18N4O2. The van der Waals surface area contributed by atoms with Gasteiger partial charge in [0.05, 0.1) is 7.11 Å². The molecule has 4 aromatic rings. The van der Waals surface area contributed by atoms with Crippen LogP contribution in [-0.2, 0) is 10.3 Å². The molecule has 0 amide bonds. The van der Waals surface area contributed by atoms with Crippen molar-refractivity contribution in [3.05, 3.63) is 114 Å². The van der Waals surface area contributed by atoms with E-state index in [1.54, 1.807) is 0 Å². The number of aromatic nitrogens is 4. The highest BCUT2D eigenvalue weighted by Crippen LogP contribution is 2.39. The summed E-state index contributed by atoms with van der Waals surface area (Å²) in [5.41, 5.74) is 1.94. The van der Waals surface area contributed by atoms with Gasteiger partial charge >= 0.3 is 5.97 Å². The number of methoxy groups -OCH3 is 1. The Morgan fingerprint density at radius 1 is 0.786 bits per heavy atom. The molecule has 3 aromatic carbocycles. The Bertz CT molecular complexity index is 967. The first-order valence-electron chi connectivity index (χ1n) is 8.82. The molecule has 0 aliphatic rings. The van der Waals surface area contributed by atoms with Crippen LogP contribution in [0.5, 0.6) is 0 Å². The number of nitrogens with zero attached hydrogens (tertiary/aromatic N) is 4. The van der Waals surface area contributed by atoms with Gasteiger partial charge in [-0.1, -0.05) is 91.0 Å². The molecule has 0 N–H and O–H groups in total. The summed E-state index contributed by atoms with van der Waals surface area (Å²) in [6.07, 6.45) is 0. The van der Waals surface area contributed by atoms with E-state index in [1.165, 1.54) is 11.9 Å². The highest BCUT2D eigenvalue weighted by molar-refractivity contribution is 5.84. The van der Waals surface area contributed by atoms with Crippen molar-refractivity contribution in [1.82, 2.24) is 20.2 Å². The van der Waals surface area contributed by atoms with Crippen LogP contribution in [-0.4, -0.2) is 33.3 Å². The number of tetrazole rings is 1. The molecule has 0 radical (unpaired) electrons. The number of hydrogen-bond donors (Lipinski definition) is 0. The lowest BCUT2D eigenvalue weighted by molar-refractivity contribution is 0.0586. The Kier molecular flexibility index (Phi) is 4.68. The van der Waals surface area contributed by atoms with Crippen LogP contribution in [0, 0.1) is 0 Å². The van der Waals surface area contributed by atoms with E-state index in [0.29, 0.717) is 0 Å². The van der Waals surface area contributed by atoms with E-state index in [9.17, 15) is 4.79 Å². The lowest BCUT2D eigenvalue weighted by atomic mass is 9.77. The summed E-state index contributed by atoms with van der Waals surface area (Å²) in [5.74, 6) is -0.719. The van der Waals surface area contributed by atoms with Crippen LogP contribution in [0.1, 0.15) is 27.3 Å². The maximum Gasteiger partial charge on any atom is 0.379 e. The van der Waals surface area contributed by atoms with Gasteiger partial charge in [0.2, 0.25) is 0 Å². The van der Waals surface area contributed by atoms with E-state index in [-0.39, 0.29) is 5.82 Å². The van der Waals surface area contributed by atoms with Gasteiger partial charge in [-0.05, 0) is 21.9 Å². The van der Waals surface area contributed by atoms with Gasteiger partial charge < -0.3 is 4.74 Å². The van der Waals surface area contributed by atoms with E-state index in [2.05, 4.69) is 15.4 Å². The quantitative estimate of drug-likeness (QED) is 0.398. The first kappa shape index (κ1) is 17.6. The highest BCUT2D eigenvalue weighted by atomic mass is 16.5. The average Bonchev–Trinajstić information content (AvgIpc) is 3.26. The Morgan fingerprint density at radius 2 is 1.21 bits per heavy atom. The summed E-state index contributed by atoms with van der Waals surface area (Å²) in [5, 5.41) is 12.6. The van der Waals surface area contributed by atoms with Crippen LogP contribution < -0.4 is 0 Å². The largest absolute Gasteiger partial charge is 0.463 e. The predicted molar refractivity (Wildman–Crippen MR) is 104 cm³/mol. The monoisotopic (exact) mass is 370 g/mol. The normalized spacial score (nSPS) is 11.2. The molecule has 0 saturated heterocycles. The van der Waals surface area contributed by atoms with Crippen molar-refractivity contribution in [1.29, 1.82) is 0 Å². The number of esters is 1. The van der Waals surface area contributed by atoms with Crippen LogP contribution in [0.25, 0.3) is 0 Å². The molecule has 0 aliphatic heterocycles. The summed E-state index contributed by atoms with van der Waals surface area (Å²) in [6.45, 7) is 0. The zero-order valence-corrected chi connectivity index (χ0v) is 15.3. The molecule has 138 valence electrons. The summed E-state index contributed by atoms with van der Waals surface area (Å²) in [7, 11) is 1.29. The summed E-state index contributed by atoms with van der Waals surface area (Å²) in [6, 6.07) is 29.8. The minimum atomic E-state index is -0.900. The molecule has 0 atom stereocenters. The van der Waals surface area contributed by atoms with E-state index < -0.39 is 11.5 Å². The molecule has 0 spiro atoms. The third kappa shape index (κ3) is 2.85. The molecule has 1 heterocycles. The van der Waals surface area contributed by atoms with Crippen molar-refractivity contribution in [3.63, 3.8) is 0 Å². The maximum absolute atomic E-state index is 12.0. The second-order valence-electron chi connectivity index (χ2n) is 6.20. The van der Waals surface area contributed by atoms with Crippen molar-refractivity contribution >= 4 is 5.97 Å². The van der Waals surface area contributed by atoms with Gasteiger partial charge in [-0.15, -0.1) is 15.0 Å². The summed E-state index contributed by atoms with van der Waals surface area (Å²) >= 11 is 0. The van der Waals surface area contributed by atoms with Crippen LogP contribution in [0.4, 0.5) is 0 Å². The lowest BCUT2D eigenvalue weighted by Crippen LogP contribution is -2.39. The van der Waals surface area contributed by atoms with Gasteiger partial charge in [0.25, 0.3) is 5.82 Å². The number of ether oxygens (including phenoxy) is 1. The minimum absolute atomic E-state index is 0.0883. The van der Waals surface area contributed by atoms with E-state index >= 15 is 0 Å². The third-order valence-corrected chi connectivity index (χ3v) is 4.66. The van der Waals surface area contributed by atoms with Gasteiger partial charge in [0.1, 0.15) is 0 Å². The minimum Gasteiger partial charge on any atom is -0.463 e. The van der Waals surface area contributed by atoms with Crippen LogP contribution in [0.15, 0.2) is 91.0 Å². The van der Waals surface area contributed by atoms with Crippen LogP contribution >= 0.6 is 0 Å². The first-order chi connectivity index (χ1) is 13.8. The fourth-order valence-electron chi connectivity index (χ4n) is 3.41. The number of carbonyl (C=O) groups excluding carboxylic acids is 1. The molecule has 6 heteroatoms. The van der Waals surface area contributed by atoms with Crippen LogP contribution in [0.3, 0.4) is 0 Å². The van der Waals surface area contributed by atoms with Gasteiger partial charge in [0.15, 0.2) is 5.54 Å². The maximum atomic E-state index is 12.0. The second kappa shape index (κ2) is 7.44. The van der Waals surface area contributed by atoms with Gasteiger partial charge in [-0.3, -0.25) is 0 Å². The van der Waals surface area contributed by atoms with E-state index in [4.69, 9.17) is 4.74 Å².